The van der Waals surface area contributed by atoms with Gasteiger partial charge in [-0.2, -0.15) is 4.98 Å². The maximum atomic E-state index is 11.4. The first-order valence-electron chi connectivity index (χ1n) is 10.4. The molecule has 2 aromatic heterocycles. The number of aromatic nitrogens is 2. The highest BCUT2D eigenvalue weighted by Gasteiger charge is 2.18. The highest BCUT2D eigenvalue weighted by atomic mass is 35.5. The number of nitrogens with zero attached hydrogens (tertiary/aromatic N) is 2. The van der Waals surface area contributed by atoms with E-state index in [9.17, 15) is 9.90 Å². The Morgan fingerprint density at radius 3 is 2.34 bits per heavy atom. The molecule has 190 valence electrons. The Labute approximate surface area is 206 Å². The lowest BCUT2D eigenvalue weighted by Crippen LogP contribution is -2.32. The summed E-state index contributed by atoms with van der Waals surface area (Å²) in [7, 11) is 5.32. The zero-order valence-corrected chi connectivity index (χ0v) is 20.2. The SMILES string of the molecule is COc1nc(N(C)C)ccc1-c1cc2c(C(=O)O)c[nH]c2cc1Cl.O=CO.OC1COCC(O)C1. The van der Waals surface area contributed by atoms with Crippen molar-refractivity contribution in [1.29, 1.82) is 0 Å². The number of anilines is 1. The van der Waals surface area contributed by atoms with Gasteiger partial charge in [-0.3, -0.25) is 4.79 Å². The van der Waals surface area contributed by atoms with Gasteiger partial charge in [0, 0.05) is 48.7 Å². The summed E-state index contributed by atoms with van der Waals surface area (Å²) >= 11 is 6.40. The van der Waals surface area contributed by atoms with Gasteiger partial charge in [-0.25, -0.2) is 4.79 Å². The van der Waals surface area contributed by atoms with E-state index in [1.165, 1.54) is 13.3 Å². The largest absolute Gasteiger partial charge is 0.483 e. The third kappa shape index (κ3) is 7.30. The normalized spacial score (nSPS) is 16.9. The lowest BCUT2D eigenvalue weighted by atomic mass is 10.0. The van der Waals surface area contributed by atoms with Crippen LogP contribution in [-0.2, 0) is 9.53 Å². The molecule has 0 aliphatic carbocycles. The number of hydrogen-bond acceptors (Lipinski definition) is 8. The van der Waals surface area contributed by atoms with Crippen molar-refractivity contribution in [2.24, 2.45) is 0 Å². The fourth-order valence-electron chi connectivity index (χ4n) is 3.36. The average Bonchev–Trinajstić information content (AvgIpc) is 3.22. The molecule has 1 aliphatic heterocycles. The number of H-pyrrole nitrogens is 1. The number of carbonyl (C=O) groups is 2. The van der Waals surface area contributed by atoms with Crippen LogP contribution in [0.4, 0.5) is 5.82 Å². The van der Waals surface area contributed by atoms with Crippen molar-refractivity contribution in [1.82, 2.24) is 9.97 Å². The summed E-state index contributed by atoms with van der Waals surface area (Å²) in [5, 5.41) is 34.9. The minimum absolute atomic E-state index is 0.194. The molecule has 0 amide bonds. The fourth-order valence-corrected chi connectivity index (χ4v) is 3.62. The summed E-state index contributed by atoms with van der Waals surface area (Å²) in [6.45, 7) is 0.494. The van der Waals surface area contributed by atoms with E-state index in [0.717, 1.165) is 5.82 Å². The van der Waals surface area contributed by atoms with Crippen molar-refractivity contribution < 1.29 is 39.5 Å². The molecule has 3 aromatic rings. The number of aliphatic hydroxyl groups excluding tert-OH is 2. The first-order chi connectivity index (χ1) is 16.6. The number of nitrogens with one attached hydrogen (secondary N) is 1. The topological polar surface area (TPSA) is 165 Å². The molecule has 0 spiro atoms. The number of aromatic amines is 1. The predicted octanol–water partition coefficient (Wildman–Crippen LogP) is 2.49. The number of benzene rings is 1. The summed E-state index contributed by atoms with van der Waals surface area (Å²) in [5.74, 6) is 0.179. The minimum atomic E-state index is -0.998. The maximum Gasteiger partial charge on any atom is 0.337 e. The highest BCUT2D eigenvalue weighted by molar-refractivity contribution is 6.34. The van der Waals surface area contributed by atoms with Gasteiger partial charge < -0.3 is 39.8 Å². The van der Waals surface area contributed by atoms with Crippen molar-refractivity contribution in [3.8, 4) is 17.0 Å². The molecule has 1 aliphatic rings. The second-order valence-electron chi connectivity index (χ2n) is 7.69. The predicted molar refractivity (Wildman–Crippen MR) is 131 cm³/mol. The molecule has 2 atom stereocenters. The monoisotopic (exact) mass is 509 g/mol. The standard InChI is InChI=1S/C17H16ClN3O3.C5H10O3.CH2O2/c1-21(2)15-5-4-9(16(20-15)24-3)10-6-11-12(17(22)23)8-19-14(11)7-13(10)18;6-4-1-5(7)3-8-2-4;2-1-3/h4-8,19H,1-3H3,(H,22,23);4-7H,1-3H2;1H,(H,2,3). The van der Waals surface area contributed by atoms with Gasteiger partial charge in [0.15, 0.2) is 0 Å². The Balaban J connectivity index is 0.000000327. The van der Waals surface area contributed by atoms with E-state index in [0.29, 0.717) is 52.6 Å². The summed E-state index contributed by atoms with van der Waals surface area (Å²) in [6, 6.07) is 7.17. The van der Waals surface area contributed by atoms with E-state index in [4.69, 9.17) is 41.2 Å². The number of aromatic carboxylic acids is 1. The van der Waals surface area contributed by atoms with Crippen molar-refractivity contribution in [3.63, 3.8) is 0 Å². The number of rotatable bonds is 4. The lowest BCUT2D eigenvalue weighted by Gasteiger charge is -2.21. The molecule has 0 radical (unpaired) electrons. The Bertz CT molecular complexity index is 1140. The molecule has 0 bridgehead atoms. The third-order valence-electron chi connectivity index (χ3n) is 4.95. The Morgan fingerprint density at radius 1 is 1.23 bits per heavy atom. The van der Waals surface area contributed by atoms with E-state index < -0.39 is 18.2 Å². The van der Waals surface area contributed by atoms with E-state index in [-0.39, 0.29) is 12.0 Å². The molecule has 35 heavy (non-hydrogen) atoms. The van der Waals surface area contributed by atoms with Crippen molar-refractivity contribution in [2.45, 2.75) is 18.6 Å². The zero-order chi connectivity index (χ0) is 26.1. The van der Waals surface area contributed by atoms with Gasteiger partial charge in [-0.15, -0.1) is 0 Å². The molecule has 4 rings (SSSR count). The molecule has 2 unspecified atom stereocenters. The highest BCUT2D eigenvalue weighted by Crippen LogP contribution is 2.38. The van der Waals surface area contributed by atoms with Crippen LogP contribution in [0.2, 0.25) is 5.02 Å². The third-order valence-corrected chi connectivity index (χ3v) is 5.26. The number of aliphatic hydroxyl groups is 2. The molecule has 5 N–H and O–H groups in total. The minimum Gasteiger partial charge on any atom is -0.483 e. The van der Waals surface area contributed by atoms with Crippen molar-refractivity contribution >= 4 is 40.8 Å². The van der Waals surface area contributed by atoms with Crippen molar-refractivity contribution in [3.05, 3.63) is 41.0 Å². The number of ether oxygens (including phenoxy) is 2. The Morgan fingerprint density at radius 2 is 1.86 bits per heavy atom. The number of methoxy groups -OCH3 is 1. The Kier molecular flexibility index (Phi) is 10.3. The van der Waals surface area contributed by atoms with Gasteiger partial charge in [0.1, 0.15) is 5.82 Å². The second-order valence-corrected chi connectivity index (χ2v) is 8.10. The van der Waals surface area contributed by atoms with Crippen LogP contribution in [0, 0.1) is 0 Å². The smallest absolute Gasteiger partial charge is 0.337 e. The van der Waals surface area contributed by atoms with Gasteiger partial charge in [-0.05, 0) is 24.3 Å². The summed E-state index contributed by atoms with van der Waals surface area (Å²) < 4.78 is 10.2. The van der Waals surface area contributed by atoms with Crippen LogP contribution in [0.1, 0.15) is 16.8 Å². The summed E-state index contributed by atoms with van der Waals surface area (Å²) in [4.78, 5) is 29.0. The van der Waals surface area contributed by atoms with E-state index >= 15 is 0 Å². The first-order valence-corrected chi connectivity index (χ1v) is 10.8. The van der Waals surface area contributed by atoms with Crippen LogP contribution in [0.5, 0.6) is 5.88 Å². The molecule has 1 saturated heterocycles. The molecule has 1 aromatic carbocycles. The number of fused-ring (bicyclic) bond motifs is 1. The van der Waals surface area contributed by atoms with Crippen LogP contribution >= 0.6 is 11.6 Å². The van der Waals surface area contributed by atoms with Gasteiger partial charge >= 0.3 is 5.97 Å². The van der Waals surface area contributed by atoms with Crippen LogP contribution in [0.15, 0.2) is 30.5 Å². The maximum absolute atomic E-state index is 11.4. The van der Waals surface area contributed by atoms with E-state index in [1.807, 2.05) is 31.1 Å². The number of pyridine rings is 1. The van der Waals surface area contributed by atoms with Crippen LogP contribution < -0.4 is 9.64 Å². The number of hydrogen-bond donors (Lipinski definition) is 5. The molecule has 11 nitrogen and oxygen atoms in total. The number of carboxylic acid groups (broad SMARTS) is 2. The Hall–Kier alpha value is -3.38. The van der Waals surface area contributed by atoms with Crippen molar-refractivity contribution in [2.75, 3.05) is 39.3 Å². The lowest BCUT2D eigenvalue weighted by molar-refractivity contribution is -0.122. The zero-order valence-electron chi connectivity index (χ0n) is 19.4. The molecule has 1 fully saturated rings. The van der Waals surface area contributed by atoms with Gasteiger partial charge in [0.2, 0.25) is 5.88 Å². The number of halogens is 1. The molecule has 0 saturated carbocycles. The van der Waals surface area contributed by atoms with Gasteiger partial charge in [-0.1, -0.05) is 11.6 Å². The molecular weight excluding hydrogens is 482 g/mol. The van der Waals surface area contributed by atoms with Crippen LogP contribution in [0.25, 0.3) is 22.0 Å². The fraction of sp³-hybridized carbons (Fsp3) is 0.348. The average molecular weight is 510 g/mol. The first kappa shape index (κ1) is 27.9. The van der Waals surface area contributed by atoms with Gasteiger partial charge in [0.05, 0.1) is 43.1 Å². The number of carboxylic acids is 1. The molecule has 12 heteroatoms. The van der Waals surface area contributed by atoms with E-state index in [2.05, 4.69) is 9.97 Å². The van der Waals surface area contributed by atoms with Gasteiger partial charge in [0.25, 0.3) is 6.47 Å². The quantitative estimate of drug-likeness (QED) is 0.330. The second kappa shape index (κ2) is 12.9. The van der Waals surface area contributed by atoms with Crippen LogP contribution in [-0.4, -0.2) is 89.5 Å². The van der Waals surface area contributed by atoms with Crippen LogP contribution in [0.3, 0.4) is 0 Å². The summed E-state index contributed by atoms with van der Waals surface area (Å²) in [5.41, 5.74) is 2.23. The summed E-state index contributed by atoms with van der Waals surface area (Å²) in [6.07, 6.45) is 0.995. The van der Waals surface area contributed by atoms with E-state index in [1.54, 1.807) is 12.1 Å². The molecular formula is C23H28ClN3O8. The molecule has 3 heterocycles.